The van der Waals surface area contributed by atoms with Crippen LogP contribution in [0.3, 0.4) is 0 Å². The molecule has 17 heavy (non-hydrogen) atoms. The van der Waals surface area contributed by atoms with Gasteiger partial charge < -0.3 is 4.74 Å². The average molecular weight is 232 g/mol. The quantitative estimate of drug-likeness (QED) is 0.725. The Hall–Kier alpha value is -1.31. The van der Waals surface area contributed by atoms with Crippen LogP contribution in [0.2, 0.25) is 0 Å². The summed E-state index contributed by atoms with van der Waals surface area (Å²) in [7, 11) is 0. The zero-order valence-corrected chi connectivity index (χ0v) is 10.7. The fraction of sp³-hybridized carbons (Fsp3) is 0.533. The zero-order valence-electron chi connectivity index (χ0n) is 10.7. The Kier molecular flexibility index (Phi) is 3.82. The third-order valence-corrected chi connectivity index (χ3v) is 3.28. The maximum Gasteiger partial charge on any atom is 0.338 e. The van der Waals surface area contributed by atoms with Crippen LogP contribution in [0.4, 0.5) is 0 Å². The molecule has 0 heterocycles. The highest BCUT2D eigenvalue weighted by molar-refractivity contribution is 5.90. The second kappa shape index (κ2) is 5.35. The molecule has 0 aromatic heterocycles. The number of rotatable bonds is 2. The van der Waals surface area contributed by atoms with E-state index in [0.717, 1.165) is 24.0 Å². The average Bonchev–Trinajstić information content (AvgIpc) is 2.29. The molecule has 2 nitrogen and oxygen atoms in total. The summed E-state index contributed by atoms with van der Waals surface area (Å²) in [6.45, 7) is 4.01. The third kappa shape index (κ3) is 3.32. The molecule has 1 aromatic carbocycles. The molecule has 2 heteroatoms. The fourth-order valence-corrected chi connectivity index (χ4v) is 2.49. The van der Waals surface area contributed by atoms with Gasteiger partial charge in [0.1, 0.15) is 6.10 Å². The molecular weight excluding hydrogens is 212 g/mol. The minimum absolute atomic E-state index is 0.136. The Balaban J connectivity index is 2.03. The number of hydrogen-bond acceptors (Lipinski definition) is 2. The van der Waals surface area contributed by atoms with Crippen LogP contribution < -0.4 is 0 Å². The number of benzene rings is 1. The van der Waals surface area contributed by atoms with Gasteiger partial charge in [-0.2, -0.15) is 0 Å². The molecule has 0 N–H and O–H groups in total. The van der Waals surface area contributed by atoms with Crippen molar-refractivity contribution in [2.75, 3.05) is 0 Å². The number of carbonyl (C=O) groups is 1. The smallest absolute Gasteiger partial charge is 0.338 e. The summed E-state index contributed by atoms with van der Waals surface area (Å²) in [5.41, 5.74) is 2.91. The van der Waals surface area contributed by atoms with E-state index in [1.807, 2.05) is 26.0 Å². The molecule has 0 atom stereocenters. The number of carbonyl (C=O) groups excluding carboxylic acids is 1. The van der Waals surface area contributed by atoms with Gasteiger partial charge in [-0.3, -0.25) is 0 Å². The molecule has 0 spiro atoms. The predicted octanol–water partition coefficient (Wildman–Crippen LogP) is 3.79. The topological polar surface area (TPSA) is 26.3 Å². The summed E-state index contributed by atoms with van der Waals surface area (Å²) >= 11 is 0. The molecular formula is C15H20O2. The monoisotopic (exact) mass is 232 g/mol. The number of hydrogen-bond donors (Lipinski definition) is 0. The molecule has 0 saturated heterocycles. The number of ether oxygens (including phenoxy) is 1. The lowest BCUT2D eigenvalue weighted by molar-refractivity contribution is 0.0211. The van der Waals surface area contributed by atoms with Gasteiger partial charge in [-0.1, -0.05) is 23.6 Å². The predicted molar refractivity (Wildman–Crippen MR) is 68.2 cm³/mol. The Bertz CT molecular complexity index is 383. The maximum atomic E-state index is 12.0. The van der Waals surface area contributed by atoms with Gasteiger partial charge in [0.2, 0.25) is 0 Å². The molecule has 1 saturated carbocycles. The van der Waals surface area contributed by atoms with Crippen LogP contribution in [0, 0.1) is 13.8 Å². The summed E-state index contributed by atoms with van der Waals surface area (Å²) in [4.78, 5) is 12.0. The molecule has 0 radical (unpaired) electrons. The highest BCUT2D eigenvalue weighted by atomic mass is 16.5. The minimum atomic E-state index is -0.163. The van der Waals surface area contributed by atoms with Crippen LogP contribution in [0.15, 0.2) is 18.2 Å². The van der Waals surface area contributed by atoms with E-state index in [-0.39, 0.29) is 12.1 Å². The molecule has 1 aliphatic carbocycles. The summed E-state index contributed by atoms with van der Waals surface area (Å²) < 4.78 is 5.55. The first kappa shape index (κ1) is 12.2. The second-order valence-electron chi connectivity index (χ2n) is 5.04. The van der Waals surface area contributed by atoms with Crippen LogP contribution in [0.1, 0.15) is 53.6 Å². The van der Waals surface area contributed by atoms with E-state index in [2.05, 4.69) is 6.07 Å². The van der Waals surface area contributed by atoms with Crippen LogP contribution >= 0.6 is 0 Å². The van der Waals surface area contributed by atoms with Gasteiger partial charge >= 0.3 is 5.97 Å². The van der Waals surface area contributed by atoms with Gasteiger partial charge in [0.15, 0.2) is 0 Å². The van der Waals surface area contributed by atoms with Crippen molar-refractivity contribution < 1.29 is 9.53 Å². The van der Waals surface area contributed by atoms with Crippen LogP contribution in [0.25, 0.3) is 0 Å². The molecule has 1 aromatic rings. The Morgan fingerprint density at radius 3 is 2.24 bits per heavy atom. The minimum Gasteiger partial charge on any atom is -0.459 e. The van der Waals surface area contributed by atoms with Crippen LogP contribution in [0.5, 0.6) is 0 Å². The first-order valence-electron chi connectivity index (χ1n) is 6.44. The summed E-state index contributed by atoms with van der Waals surface area (Å²) in [5.74, 6) is -0.163. The Morgan fingerprint density at radius 2 is 1.65 bits per heavy atom. The highest BCUT2D eigenvalue weighted by Crippen LogP contribution is 2.21. The van der Waals surface area contributed by atoms with E-state index >= 15 is 0 Å². The van der Waals surface area contributed by atoms with E-state index in [1.165, 1.54) is 19.3 Å². The third-order valence-electron chi connectivity index (χ3n) is 3.28. The molecule has 92 valence electrons. The summed E-state index contributed by atoms with van der Waals surface area (Å²) in [5, 5.41) is 0. The van der Waals surface area contributed by atoms with Crippen molar-refractivity contribution in [3.8, 4) is 0 Å². The SMILES string of the molecule is Cc1cc(C)cc(C(=O)OC2CCCCC2)c1. The zero-order chi connectivity index (χ0) is 12.3. The van der Waals surface area contributed by atoms with Crippen molar-refractivity contribution in [2.24, 2.45) is 0 Å². The van der Waals surface area contributed by atoms with Crippen molar-refractivity contribution in [3.05, 3.63) is 34.9 Å². The van der Waals surface area contributed by atoms with Crippen molar-refractivity contribution in [1.82, 2.24) is 0 Å². The number of aryl methyl sites for hydroxylation is 2. The van der Waals surface area contributed by atoms with Gasteiger partial charge in [-0.25, -0.2) is 4.79 Å². The molecule has 1 fully saturated rings. The van der Waals surface area contributed by atoms with E-state index in [4.69, 9.17) is 4.74 Å². The second-order valence-corrected chi connectivity index (χ2v) is 5.04. The van der Waals surface area contributed by atoms with Crippen molar-refractivity contribution in [1.29, 1.82) is 0 Å². The van der Waals surface area contributed by atoms with E-state index in [9.17, 15) is 4.79 Å². The van der Waals surface area contributed by atoms with Crippen molar-refractivity contribution in [3.63, 3.8) is 0 Å². The van der Waals surface area contributed by atoms with E-state index in [0.29, 0.717) is 5.56 Å². The van der Waals surface area contributed by atoms with Crippen molar-refractivity contribution >= 4 is 5.97 Å². The van der Waals surface area contributed by atoms with Gasteiger partial charge in [-0.05, 0) is 51.7 Å². The lowest BCUT2D eigenvalue weighted by atomic mass is 9.98. The largest absolute Gasteiger partial charge is 0.459 e. The molecule has 0 aliphatic heterocycles. The Morgan fingerprint density at radius 1 is 1.06 bits per heavy atom. The highest BCUT2D eigenvalue weighted by Gasteiger charge is 2.18. The molecule has 0 amide bonds. The number of esters is 1. The molecule has 0 unspecified atom stereocenters. The van der Waals surface area contributed by atoms with Gasteiger partial charge in [0, 0.05) is 0 Å². The van der Waals surface area contributed by atoms with Crippen molar-refractivity contribution in [2.45, 2.75) is 52.1 Å². The van der Waals surface area contributed by atoms with Gasteiger partial charge in [0.05, 0.1) is 5.56 Å². The lowest BCUT2D eigenvalue weighted by Crippen LogP contribution is -2.21. The van der Waals surface area contributed by atoms with Crippen LogP contribution in [-0.4, -0.2) is 12.1 Å². The normalized spacial score (nSPS) is 16.8. The standard InChI is InChI=1S/C15H20O2/c1-11-8-12(2)10-13(9-11)15(16)17-14-6-4-3-5-7-14/h8-10,14H,3-7H2,1-2H3. The molecule has 2 rings (SSSR count). The van der Waals surface area contributed by atoms with E-state index < -0.39 is 0 Å². The van der Waals surface area contributed by atoms with E-state index in [1.54, 1.807) is 0 Å². The Labute approximate surface area is 103 Å². The van der Waals surface area contributed by atoms with Crippen LogP contribution in [-0.2, 0) is 4.74 Å². The molecule has 1 aliphatic rings. The summed E-state index contributed by atoms with van der Waals surface area (Å²) in [6, 6.07) is 5.87. The fourth-order valence-electron chi connectivity index (χ4n) is 2.49. The molecule has 0 bridgehead atoms. The first-order valence-corrected chi connectivity index (χ1v) is 6.44. The maximum absolute atomic E-state index is 12.0. The van der Waals surface area contributed by atoms with Gasteiger partial charge in [-0.15, -0.1) is 0 Å². The lowest BCUT2D eigenvalue weighted by Gasteiger charge is -2.21. The summed E-state index contributed by atoms with van der Waals surface area (Å²) in [6.07, 6.45) is 5.83. The first-order chi connectivity index (χ1) is 8.15. The van der Waals surface area contributed by atoms with Gasteiger partial charge in [0.25, 0.3) is 0 Å².